The van der Waals surface area contributed by atoms with Crippen molar-refractivity contribution >= 4 is 27.5 Å². The minimum atomic E-state index is -3.59. The molecule has 7 nitrogen and oxygen atoms in total. The summed E-state index contributed by atoms with van der Waals surface area (Å²) < 4.78 is 27.6. The first-order valence-electron chi connectivity index (χ1n) is 10.7. The fraction of sp³-hybridized carbons (Fsp3) is 0.348. The Bertz CT molecular complexity index is 1140. The Morgan fingerprint density at radius 1 is 0.969 bits per heavy atom. The maximum atomic E-state index is 12.9. The van der Waals surface area contributed by atoms with Gasteiger partial charge in [-0.2, -0.15) is 0 Å². The van der Waals surface area contributed by atoms with Crippen molar-refractivity contribution in [1.82, 2.24) is 20.1 Å². The standard InChI is InChI=1S/C23H26N4O3S2/c28-22(24-18-10-4-1-5-11-18)16-31-23-26-25-21(27(23)19-12-6-2-7-13-19)17-32(29,30)20-14-8-3-9-15-20/h2-3,6-9,12-15,18H,1,4-5,10-11,16-17H2,(H,24,28). The quantitative estimate of drug-likeness (QED) is 0.504. The molecule has 1 aliphatic rings. The normalized spacial score (nSPS) is 14.9. The molecule has 4 rings (SSSR count). The van der Waals surface area contributed by atoms with Gasteiger partial charge in [-0.25, -0.2) is 8.42 Å². The van der Waals surface area contributed by atoms with E-state index in [1.807, 2.05) is 30.3 Å². The van der Waals surface area contributed by atoms with Crippen LogP contribution >= 0.6 is 11.8 Å². The molecule has 0 bridgehead atoms. The Hall–Kier alpha value is -2.65. The van der Waals surface area contributed by atoms with Gasteiger partial charge in [0.1, 0.15) is 5.75 Å². The third-order valence-electron chi connectivity index (χ3n) is 5.44. The summed E-state index contributed by atoms with van der Waals surface area (Å²) in [6, 6.07) is 17.9. The van der Waals surface area contributed by atoms with E-state index in [4.69, 9.17) is 0 Å². The number of hydrogen-bond acceptors (Lipinski definition) is 6. The minimum Gasteiger partial charge on any atom is -0.353 e. The maximum Gasteiger partial charge on any atom is 0.230 e. The molecule has 168 valence electrons. The van der Waals surface area contributed by atoms with E-state index in [-0.39, 0.29) is 28.4 Å². The largest absolute Gasteiger partial charge is 0.353 e. The number of carbonyl (C=O) groups is 1. The molecule has 2 aromatic carbocycles. The Labute approximate surface area is 192 Å². The van der Waals surface area contributed by atoms with Gasteiger partial charge < -0.3 is 5.32 Å². The predicted octanol–water partition coefficient (Wildman–Crippen LogP) is 3.78. The number of amides is 1. The highest BCUT2D eigenvalue weighted by Crippen LogP contribution is 2.25. The highest BCUT2D eigenvalue weighted by Gasteiger charge is 2.23. The number of carbonyl (C=O) groups excluding carboxylic acids is 1. The van der Waals surface area contributed by atoms with E-state index in [1.54, 1.807) is 34.9 Å². The molecular weight excluding hydrogens is 444 g/mol. The zero-order valence-corrected chi connectivity index (χ0v) is 19.3. The fourth-order valence-electron chi connectivity index (χ4n) is 3.85. The molecule has 1 heterocycles. The molecule has 9 heteroatoms. The topological polar surface area (TPSA) is 94.0 Å². The van der Waals surface area contributed by atoms with Crippen molar-refractivity contribution in [2.24, 2.45) is 0 Å². The zero-order valence-electron chi connectivity index (χ0n) is 17.7. The van der Waals surface area contributed by atoms with Crippen molar-refractivity contribution < 1.29 is 13.2 Å². The monoisotopic (exact) mass is 470 g/mol. The lowest BCUT2D eigenvalue weighted by atomic mass is 9.95. The lowest BCUT2D eigenvalue weighted by molar-refractivity contribution is -0.119. The van der Waals surface area contributed by atoms with Crippen LogP contribution in [0.1, 0.15) is 37.9 Å². The first-order valence-corrected chi connectivity index (χ1v) is 13.4. The predicted molar refractivity (Wildman–Crippen MR) is 124 cm³/mol. The molecule has 32 heavy (non-hydrogen) atoms. The molecule has 0 radical (unpaired) electrons. The summed E-state index contributed by atoms with van der Waals surface area (Å²) >= 11 is 1.26. The summed E-state index contributed by atoms with van der Waals surface area (Å²) in [6.07, 6.45) is 5.59. The molecule has 0 aliphatic heterocycles. The molecule has 0 unspecified atom stereocenters. The SMILES string of the molecule is O=C(CSc1nnc(CS(=O)(=O)c2ccccc2)n1-c1ccccc1)NC1CCCCC1. The van der Waals surface area contributed by atoms with Crippen LogP contribution < -0.4 is 5.32 Å². The van der Waals surface area contributed by atoms with E-state index in [1.165, 1.54) is 18.2 Å². The van der Waals surface area contributed by atoms with Gasteiger partial charge in [-0.15, -0.1) is 10.2 Å². The molecule has 0 atom stereocenters. The van der Waals surface area contributed by atoms with Gasteiger partial charge in [0.15, 0.2) is 20.8 Å². The van der Waals surface area contributed by atoms with Crippen LogP contribution in [0.15, 0.2) is 70.7 Å². The molecule has 1 saturated carbocycles. The van der Waals surface area contributed by atoms with Crippen molar-refractivity contribution in [3.63, 3.8) is 0 Å². The average molecular weight is 471 g/mol. The summed E-state index contributed by atoms with van der Waals surface area (Å²) in [5.41, 5.74) is 0.756. The van der Waals surface area contributed by atoms with Crippen molar-refractivity contribution in [1.29, 1.82) is 0 Å². The number of hydrogen-bond donors (Lipinski definition) is 1. The average Bonchev–Trinajstić information content (AvgIpc) is 3.21. The third kappa shape index (κ3) is 5.58. The van der Waals surface area contributed by atoms with Crippen LogP contribution in [0.3, 0.4) is 0 Å². The summed E-state index contributed by atoms with van der Waals surface area (Å²) in [6.45, 7) is 0. The second kappa shape index (κ2) is 10.3. The minimum absolute atomic E-state index is 0.0389. The third-order valence-corrected chi connectivity index (χ3v) is 8.00. The zero-order chi connectivity index (χ0) is 22.4. The number of sulfone groups is 1. The van der Waals surface area contributed by atoms with Crippen LogP contribution in [0, 0.1) is 0 Å². The number of nitrogens with zero attached hydrogens (tertiary/aromatic N) is 3. The first kappa shape index (κ1) is 22.5. The van der Waals surface area contributed by atoms with Gasteiger partial charge in [-0.3, -0.25) is 9.36 Å². The molecule has 1 aliphatic carbocycles. The highest BCUT2D eigenvalue weighted by molar-refractivity contribution is 7.99. The van der Waals surface area contributed by atoms with E-state index in [0.29, 0.717) is 11.0 Å². The van der Waals surface area contributed by atoms with E-state index in [0.717, 1.165) is 31.4 Å². The van der Waals surface area contributed by atoms with E-state index in [2.05, 4.69) is 15.5 Å². The van der Waals surface area contributed by atoms with Crippen molar-refractivity contribution in [2.75, 3.05) is 5.75 Å². The second-order valence-electron chi connectivity index (χ2n) is 7.83. The van der Waals surface area contributed by atoms with Crippen LogP contribution in [-0.4, -0.2) is 40.9 Å². The van der Waals surface area contributed by atoms with Gasteiger partial charge in [0, 0.05) is 11.7 Å². The number of benzene rings is 2. The highest BCUT2D eigenvalue weighted by atomic mass is 32.2. The van der Waals surface area contributed by atoms with Crippen LogP contribution in [-0.2, 0) is 20.4 Å². The number of nitrogens with one attached hydrogen (secondary N) is 1. The lowest BCUT2D eigenvalue weighted by Gasteiger charge is -2.22. The number of rotatable bonds is 8. The Morgan fingerprint density at radius 3 is 2.31 bits per heavy atom. The van der Waals surface area contributed by atoms with Crippen molar-refractivity contribution in [3.8, 4) is 5.69 Å². The van der Waals surface area contributed by atoms with Gasteiger partial charge in [0.2, 0.25) is 5.91 Å². The molecule has 3 aromatic rings. The summed E-state index contributed by atoms with van der Waals surface area (Å²) in [5.74, 6) is 0.193. The Kier molecular flexibility index (Phi) is 7.26. The van der Waals surface area contributed by atoms with Gasteiger partial charge in [-0.05, 0) is 37.1 Å². The summed E-state index contributed by atoms with van der Waals surface area (Å²) in [7, 11) is -3.59. The maximum absolute atomic E-state index is 12.9. The smallest absolute Gasteiger partial charge is 0.230 e. The molecule has 1 fully saturated rings. The van der Waals surface area contributed by atoms with Gasteiger partial charge in [-0.1, -0.05) is 67.4 Å². The number of thioether (sulfide) groups is 1. The number of aromatic nitrogens is 3. The Morgan fingerprint density at radius 2 is 1.62 bits per heavy atom. The van der Waals surface area contributed by atoms with Gasteiger partial charge in [0.05, 0.1) is 10.6 Å². The first-order chi connectivity index (χ1) is 15.5. The summed E-state index contributed by atoms with van der Waals surface area (Å²) in [5, 5.41) is 12.0. The molecule has 0 spiro atoms. The lowest BCUT2D eigenvalue weighted by Crippen LogP contribution is -2.37. The van der Waals surface area contributed by atoms with Crippen LogP contribution in [0.5, 0.6) is 0 Å². The Balaban J connectivity index is 1.54. The van der Waals surface area contributed by atoms with Gasteiger partial charge in [0.25, 0.3) is 0 Å². The molecule has 0 saturated heterocycles. The molecule has 1 aromatic heterocycles. The second-order valence-corrected chi connectivity index (χ2v) is 10.8. The van der Waals surface area contributed by atoms with E-state index >= 15 is 0 Å². The van der Waals surface area contributed by atoms with Gasteiger partial charge >= 0.3 is 0 Å². The van der Waals surface area contributed by atoms with Crippen LogP contribution in [0.25, 0.3) is 5.69 Å². The van der Waals surface area contributed by atoms with Crippen molar-refractivity contribution in [2.45, 2.75) is 54.0 Å². The van der Waals surface area contributed by atoms with E-state index in [9.17, 15) is 13.2 Å². The van der Waals surface area contributed by atoms with E-state index < -0.39 is 9.84 Å². The summed E-state index contributed by atoms with van der Waals surface area (Å²) in [4.78, 5) is 12.7. The van der Waals surface area contributed by atoms with Crippen LogP contribution in [0.4, 0.5) is 0 Å². The molecule has 1 amide bonds. The fourth-order valence-corrected chi connectivity index (χ4v) is 5.90. The van der Waals surface area contributed by atoms with Crippen molar-refractivity contribution in [3.05, 3.63) is 66.5 Å². The molecule has 1 N–H and O–H groups in total. The number of para-hydroxylation sites is 1. The molecular formula is C23H26N4O3S2. The van der Waals surface area contributed by atoms with Crippen LogP contribution in [0.2, 0.25) is 0 Å².